The molecule has 0 saturated carbocycles. The molecule has 12 nitrogen and oxygen atoms in total. The summed E-state index contributed by atoms with van der Waals surface area (Å²) in [5, 5.41) is 17.9. The standard InChI is InChI=1S/C23H23N9O3/c1-33-19-12-17(13-20(34-2)21(19)35-3)25-23-24-14-16-8-9-31(22(16)26-23)18-6-4-5-15(11-18)7-10-32-29-27-28-30-32/h4-6,8-9,11-14H,7,10H2,1-3H3,(H,24,25,26)/p+1. The van der Waals surface area contributed by atoms with Gasteiger partial charge in [0.15, 0.2) is 11.5 Å². The molecule has 0 aliphatic heterocycles. The number of fused-ring (bicyclic) bond motifs is 1. The van der Waals surface area contributed by atoms with Gasteiger partial charge in [0, 0.05) is 47.7 Å². The molecule has 35 heavy (non-hydrogen) atoms. The Bertz CT molecular complexity index is 1430. The summed E-state index contributed by atoms with van der Waals surface area (Å²) in [5.74, 6) is 2.03. The van der Waals surface area contributed by atoms with Crippen LogP contribution in [0.5, 0.6) is 17.2 Å². The van der Waals surface area contributed by atoms with Crippen LogP contribution < -0.4 is 24.3 Å². The minimum atomic E-state index is 0.442. The lowest BCUT2D eigenvalue weighted by Crippen LogP contribution is -2.40. The van der Waals surface area contributed by atoms with Crippen LogP contribution in [0.2, 0.25) is 0 Å². The van der Waals surface area contributed by atoms with Crippen molar-refractivity contribution in [2.24, 2.45) is 0 Å². The third-order valence-electron chi connectivity index (χ3n) is 5.50. The monoisotopic (exact) mass is 474 g/mol. The van der Waals surface area contributed by atoms with E-state index in [1.165, 1.54) is 0 Å². The molecule has 3 aromatic heterocycles. The predicted molar refractivity (Wildman–Crippen MR) is 126 cm³/mol. The van der Waals surface area contributed by atoms with Gasteiger partial charge in [-0.05, 0) is 23.8 Å². The van der Waals surface area contributed by atoms with E-state index in [1.54, 1.807) is 44.5 Å². The normalized spacial score (nSPS) is 10.9. The summed E-state index contributed by atoms with van der Waals surface area (Å²) in [5.41, 5.74) is 3.63. The number of rotatable bonds is 9. The topological polar surface area (TPSA) is 129 Å². The predicted octanol–water partition coefficient (Wildman–Crippen LogP) is 2.23. The van der Waals surface area contributed by atoms with Gasteiger partial charge < -0.3 is 24.1 Å². The van der Waals surface area contributed by atoms with E-state index in [9.17, 15) is 0 Å². The number of nitrogens with zero attached hydrogens (tertiary/aromatic N) is 7. The molecule has 178 valence electrons. The number of nitrogens with one attached hydrogen (secondary N) is 2. The molecule has 0 spiro atoms. The van der Waals surface area contributed by atoms with Crippen LogP contribution in [0.4, 0.5) is 11.6 Å². The Hall–Kier alpha value is -4.74. The molecule has 0 saturated heterocycles. The van der Waals surface area contributed by atoms with E-state index in [4.69, 9.17) is 19.2 Å². The number of hydrogen-bond donors (Lipinski definition) is 2. The number of aromatic amines is 1. The first kappa shape index (κ1) is 22.1. The maximum atomic E-state index is 5.44. The van der Waals surface area contributed by atoms with Crippen LogP contribution in [-0.4, -0.2) is 56.7 Å². The van der Waals surface area contributed by atoms with Crippen molar-refractivity contribution in [3.63, 3.8) is 0 Å². The summed E-state index contributed by atoms with van der Waals surface area (Å²) in [6, 6.07) is 13.9. The molecule has 0 aliphatic rings. The van der Waals surface area contributed by atoms with Gasteiger partial charge in [0.05, 0.1) is 21.3 Å². The van der Waals surface area contributed by atoms with Crippen LogP contribution in [0.25, 0.3) is 16.7 Å². The zero-order valence-electron chi connectivity index (χ0n) is 19.5. The van der Waals surface area contributed by atoms with Gasteiger partial charge in [0.25, 0.3) is 0 Å². The lowest BCUT2D eigenvalue weighted by molar-refractivity contribution is -0.807. The molecule has 0 amide bonds. The minimum Gasteiger partial charge on any atom is -0.493 e. The SMILES string of the molecule is COc1cc(Nc2ncc3ccn(-c4cccc(CC[n+]5nnn[nH]5)c4)c3n2)cc(OC)c1OC. The Morgan fingerprint density at radius 3 is 2.57 bits per heavy atom. The van der Waals surface area contributed by atoms with Crippen molar-refractivity contribution in [3.05, 3.63) is 60.4 Å². The molecule has 12 heteroatoms. The van der Waals surface area contributed by atoms with Crippen LogP contribution in [0.15, 0.2) is 54.9 Å². The Morgan fingerprint density at radius 1 is 1.03 bits per heavy atom. The third-order valence-corrected chi connectivity index (χ3v) is 5.50. The molecule has 2 N–H and O–H groups in total. The fraction of sp³-hybridized carbons (Fsp3) is 0.217. The summed E-state index contributed by atoms with van der Waals surface area (Å²) in [4.78, 5) is 10.8. The quantitative estimate of drug-likeness (QED) is 0.309. The summed E-state index contributed by atoms with van der Waals surface area (Å²) >= 11 is 0. The fourth-order valence-corrected chi connectivity index (χ4v) is 3.82. The zero-order valence-corrected chi connectivity index (χ0v) is 19.5. The highest BCUT2D eigenvalue weighted by Gasteiger charge is 2.15. The van der Waals surface area contributed by atoms with E-state index in [0.717, 1.165) is 28.7 Å². The van der Waals surface area contributed by atoms with Gasteiger partial charge in [-0.15, -0.1) is 0 Å². The number of ether oxygens (including phenoxy) is 3. The third kappa shape index (κ3) is 4.53. The summed E-state index contributed by atoms with van der Waals surface area (Å²) < 4.78 is 18.3. The van der Waals surface area contributed by atoms with E-state index in [2.05, 4.69) is 43.3 Å². The second-order valence-electron chi connectivity index (χ2n) is 7.62. The lowest BCUT2D eigenvalue weighted by atomic mass is 10.1. The number of benzene rings is 2. The van der Waals surface area contributed by atoms with Crippen LogP contribution in [0.3, 0.4) is 0 Å². The van der Waals surface area contributed by atoms with E-state index in [-0.39, 0.29) is 0 Å². The van der Waals surface area contributed by atoms with Gasteiger partial charge in [0.1, 0.15) is 17.4 Å². The van der Waals surface area contributed by atoms with Crippen LogP contribution in [0, 0.1) is 0 Å². The Kier molecular flexibility index (Phi) is 6.07. The van der Waals surface area contributed by atoms with Gasteiger partial charge >= 0.3 is 0 Å². The second-order valence-corrected chi connectivity index (χ2v) is 7.62. The molecule has 5 rings (SSSR count). The van der Waals surface area contributed by atoms with E-state index < -0.39 is 0 Å². The van der Waals surface area contributed by atoms with Gasteiger partial charge in [-0.3, -0.25) is 0 Å². The maximum Gasteiger partial charge on any atom is 0.231 e. The molecular formula is C23H24N9O3+. The summed E-state index contributed by atoms with van der Waals surface area (Å²) in [7, 11) is 4.72. The highest BCUT2D eigenvalue weighted by Crippen LogP contribution is 2.40. The molecule has 0 fully saturated rings. The Balaban J connectivity index is 1.43. The first-order chi connectivity index (χ1) is 17.2. The van der Waals surface area contributed by atoms with Gasteiger partial charge in [-0.2, -0.15) is 4.98 Å². The fourth-order valence-electron chi connectivity index (χ4n) is 3.82. The van der Waals surface area contributed by atoms with Crippen molar-refractivity contribution in [1.29, 1.82) is 0 Å². The second kappa shape index (κ2) is 9.63. The number of aryl methyl sites for hydroxylation is 2. The molecule has 0 radical (unpaired) electrons. The molecule has 5 aromatic rings. The number of hydrogen-bond acceptors (Lipinski definition) is 9. The number of methoxy groups -OCH3 is 3. The summed E-state index contributed by atoms with van der Waals surface area (Å²) in [6.07, 6.45) is 4.55. The van der Waals surface area contributed by atoms with Crippen LogP contribution in [-0.2, 0) is 13.0 Å². The molecule has 0 bridgehead atoms. The van der Waals surface area contributed by atoms with Crippen molar-refractivity contribution in [2.75, 3.05) is 26.6 Å². The number of H-pyrrole nitrogens is 1. The molecule has 2 aromatic carbocycles. The molecule has 0 aliphatic carbocycles. The highest BCUT2D eigenvalue weighted by atomic mass is 16.5. The van der Waals surface area contributed by atoms with E-state index >= 15 is 0 Å². The van der Waals surface area contributed by atoms with Crippen molar-refractivity contribution in [1.82, 2.24) is 35.4 Å². The molecule has 0 unspecified atom stereocenters. The van der Waals surface area contributed by atoms with Crippen LogP contribution >= 0.6 is 0 Å². The average molecular weight is 475 g/mol. The smallest absolute Gasteiger partial charge is 0.231 e. The number of anilines is 2. The van der Waals surface area contributed by atoms with Crippen molar-refractivity contribution in [2.45, 2.75) is 13.0 Å². The molecule has 3 heterocycles. The first-order valence-corrected chi connectivity index (χ1v) is 10.8. The summed E-state index contributed by atoms with van der Waals surface area (Å²) in [6.45, 7) is 0.647. The Morgan fingerprint density at radius 2 is 1.86 bits per heavy atom. The molecule has 0 atom stereocenters. The van der Waals surface area contributed by atoms with Crippen molar-refractivity contribution >= 4 is 22.7 Å². The largest absolute Gasteiger partial charge is 0.493 e. The minimum absolute atomic E-state index is 0.442. The maximum absolute atomic E-state index is 5.44. The van der Waals surface area contributed by atoms with Gasteiger partial charge in [-0.25, -0.2) is 4.98 Å². The highest BCUT2D eigenvalue weighted by molar-refractivity contribution is 5.79. The molecular weight excluding hydrogens is 450 g/mol. The van der Waals surface area contributed by atoms with Gasteiger partial charge in [0.2, 0.25) is 22.1 Å². The lowest BCUT2D eigenvalue weighted by Gasteiger charge is -2.14. The van der Waals surface area contributed by atoms with E-state index in [0.29, 0.717) is 35.4 Å². The Labute approximate surface area is 200 Å². The number of aromatic nitrogens is 8. The van der Waals surface area contributed by atoms with Crippen LogP contribution in [0.1, 0.15) is 5.56 Å². The van der Waals surface area contributed by atoms with Gasteiger partial charge in [-0.1, -0.05) is 22.1 Å². The zero-order chi connectivity index (χ0) is 24.2. The van der Waals surface area contributed by atoms with E-state index in [1.807, 2.05) is 29.0 Å². The van der Waals surface area contributed by atoms with Crippen molar-refractivity contribution in [3.8, 4) is 22.9 Å². The average Bonchev–Trinajstić information content (AvgIpc) is 3.57. The van der Waals surface area contributed by atoms with Crippen molar-refractivity contribution < 1.29 is 19.0 Å². The first-order valence-electron chi connectivity index (χ1n) is 10.8.